The first-order valence-corrected chi connectivity index (χ1v) is 7.28. The predicted octanol–water partition coefficient (Wildman–Crippen LogP) is 4.26. The van der Waals surface area contributed by atoms with Gasteiger partial charge in [-0.05, 0) is 36.6 Å². The van der Waals surface area contributed by atoms with E-state index in [2.05, 4.69) is 0 Å². The third-order valence-electron chi connectivity index (χ3n) is 3.02. The first-order chi connectivity index (χ1) is 9.20. The van der Waals surface area contributed by atoms with Crippen molar-refractivity contribution in [2.75, 3.05) is 0 Å². The van der Waals surface area contributed by atoms with Crippen LogP contribution in [0, 0.1) is 5.82 Å². The van der Waals surface area contributed by atoms with E-state index in [1.807, 2.05) is 43.3 Å². The van der Waals surface area contributed by atoms with Crippen LogP contribution in [0.5, 0.6) is 0 Å². The third kappa shape index (κ3) is 3.82. The van der Waals surface area contributed by atoms with Gasteiger partial charge in [-0.25, -0.2) is 4.39 Å². The van der Waals surface area contributed by atoms with Crippen LogP contribution in [0.2, 0.25) is 0 Å². The molecule has 0 aliphatic heterocycles. The zero-order chi connectivity index (χ0) is 13.7. The number of hydrogen-bond donors (Lipinski definition) is 1. The summed E-state index contributed by atoms with van der Waals surface area (Å²) in [6.07, 6.45) is 1.61. The molecule has 19 heavy (non-hydrogen) atoms. The molecule has 0 aliphatic rings. The monoisotopic (exact) mass is 275 g/mol. The second-order valence-corrected chi connectivity index (χ2v) is 5.60. The molecule has 1 nitrogen and oxygen atoms in total. The lowest BCUT2D eigenvalue weighted by Gasteiger charge is -2.13. The topological polar surface area (TPSA) is 26.0 Å². The minimum absolute atomic E-state index is 0.0805. The fourth-order valence-electron chi connectivity index (χ4n) is 1.86. The van der Waals surface area contributed by atoms with E-state index in [1.165, 1.54) is 17.8 Å². The van der Waals surface area contributed by atoms with Gasteiger partial charge in [-0.3, -0.25) is 0 Å². The molecule has 2 aromatic carbocycles. The van der Waals surface area contributed by atoms with Gasteiger partial charge in [0.2, 0.25) is 0 Å². The summed E-state index contributed by atoms with van der Waals surface area (Å²) in [5, 5.41) is 0. The first-order valence-electron chi connectivity index (χ1n) is 6.46. The summed E-state index contributed by atoms with van der Waals surface area (Å²) in [6.45, 7) is 2.05. The highest BCUT2D eigenvalue weighted by Crippen LogP contribution is 2.33. The van der Waals surface area contributed by atoms with Crippen LogP contribution in [-0.2, 0) is 6.42 Å². The summed E-state index contributed by atoms with van der Waals surface area (Å²) in [5.74, 6) is -0.172. The Balaban J connectivity index is 2.27. The van der Waals surface area contributed by atoms with Gasteiger partial charge in [0, 0.05) is 10.9 Å². The van der Waals surface area contributed by atoms with Gasteiger partial charge in [0.15, 0.2) is 0 Å². The van der Waals surface area contributed by atoms with Gasteiger partial charge in [-0.2, -0.15) is 0 Å². The van der Waals surface area contributed by atoms with E-state index in [-0.39, 0.29) is 11.9 Å². The smallest absolute Gasteiger partial charge is 0.137 e. The van der Waals surface area contributed by atoms with Crippen molar-refractivity contribution >= 4 is 11.8 Å². The molecule has 100 valence electrons. The number of halogens is 1. The fourth-order valence-corrected chi connectivity index (χ4v) is 2.84. The molecule has 0 aliphatic carbocycles. The van der Waals surface area contributed by atoms with Crippen LogP contribution in [-0.4, -0.2) is 6.04 Å². The summed E-state index contributed by atoms with van der Waals surface area (Å²) in [4.78, 5) is 1.73. The van der Waals surface area contributed by atoms with Crippen LogP contribution in [0.1, 0.15) is 18.9 Å². The Hall–Kier alpha value is -1.32. The van der Waals surface area contributed by atoms with Gasteiger partial charge in [-0.1, -0.05) is 49.0 Å². The Morgan fingerprint density at radius 1 is 1.11 bits per heavy atom. The maximum atomic E-state index is 14.0. The van der Waals surface area contributed by atoms with Crippen molar-refractivity contribution < 1.29 is 4.39 Å². The molecule has 1 atom stereocenters. The highest BCUT2D eigenvalue weighted by atomic mass is 32.2. The maximum absolute atomic E-state index is 14.0. The van der Waals surface area contributed by atoms with Crippen molar-refractivity contribution in [1.82, 2.24) is 0 Å². The summed E-state index contributed by atoms with van der Waals surface area (Å²) >= 11 is 1.46. The standard InChI is InChI=1S/C16H18FNS/c1-2-13(18)11-12-7-6-10-15(17)16(12)19-14-8-4-3-5-9-14/h3-10,13H,2,11,18H2,1H3. The van der Waals surface area contributed by atoms with Crippen molar-refractivity contribution in [2.45, 2.75) is 35.6 Å². The molecule has 0 saturated heterocycles. The molecule has 0 heterocycles. The van der Waals surface area contributed by atoms with Gasteiger partial charge < -0.3 is 5.73 Å². The molecule has 3 heteroatoms. The minimum Gasteiger partial charge on any atom is -0.327 e. The minimum atomic E-state index is -0.172. The van der Waals surface area contributed by atoms with Gasteiger partial charge in [-0.15, -0.1) is 0 Å². The van der Waals surface area contributed by atoms with Crippen molar-refractivity contribution in [3.63, 3.8) is 0 Å². The lowest BCUT2D eigenvalue weighted by Crippen LogP contribution is -2.21. The van der Waals surface area contributed by atoms with Crippen LogP contribution in [0.4, 0.5) is 4.39 Å². The first kappa shape index (κ1) is 14.1. The van der Waals surface area contributed by atoms with E-state index in [4.69, 9.17) is 5.73 Å². The number of benzene rings is 2. The molecule has 2 rings (SSSR count). The highest BCUT2D eigenvalue weighted by Gasteiger charge is 2.12. The molecule has 0 saturated carbocycles. The molecule has 2 N–H and O–H groups in total. The zero-order valence-corrected chi connectivity index (χ0v) is 11.8. The summed E-state index contributed by atoms with van der Waals surface area (Å²) in [7, 11) is 0. The molecule has 0 amide bonds. The van der Waals surface area contributed by atoms with E-state index in [0.29, 0.717) is 11.3 Å². The van der Waals surface area contributed by atoms with Crippen molar-refractivity contribution in [1.29, 1.82) is 0 Å². The molecule has 0 radical (unpaired) electrons. The molecule has 0 fully saturated rings. The molecular formula is C16H18FNS. The summed E-state index contributed by atoms with van der Waals surface area (Å²) in [5.41, 5.74) is 6.97. The van der Waals surface area contributed by atoms with E-state index < -0.39 is 0 Å². The Kier molecular flexibility index (Phi) is 5.00. The second-order valence-electron chi connectivity index (χ2n) is 4.52. The number of hydrogen-bond acceptors (Lipinski definition) is 2. The summed E-state index contributed by atoms with van der Waals surface area (Å²) in [6, 6.07) is 15.1. The molecule has 0 spiro atoms. The van der Waals surface area contributed by atoms with E-state index in [1.54, 1.807) is 6.07 Å². The SMILES string of the molecule is CCC(N)Cc1cccc(F)c1Sc1ccccc1. The fraction of sp³-hybridized carbons (Fsp3) is 0.250. The Bertz CT molecular complexity index is 528. The van der Waals surface area contributed by atoms with Crippen molar-refractivity contribution in [3.8, 4) is 0 Å². The van der Waals surface area contributed by atoms with Gasteiger partial charge in [0.05, 0.1) is 4.90 Å². The molecule has 0 aromatic heterocycles. The van der Waals surface area contributed by atoms with Crippen molar-refractivity contribution in [2.24, 2.45) is 5.73 Å². The Morgan fingerprint density at radius 2 is 1.84 bits per heavy atom. The average Bonchev–Trinajstić information content (AvgIpc) is 2.43. The quantitative estimate of drug-likeness (QED) is 0.882. The predicted molar refractivity (Wildman–Crippen MR) is 78.9 cm³/mol. The highest BCUT2D eigenvalue weighted by molar-refractivity contribution is 7.99. The molecule has 0 bridgehead atoms. The van der Waals surface area contributed by atoms with E-state index in [0.717, 1.165) is 16.9 Å². The summed E-state index contributed by atoms with van der Waals surface area (Å²) < 4.78 is 14.0. The Labute approximate surface area is 118 Å². The van der Waals surface area contributed by atoms with E-state index >= 15 is 0 Å². The third-order valence-corrected chi connectivity index (χ3v) is 4.19. The van der Waals surface area contributed by atoms with Crippen LogP contribution in [0.3, 0.4) is 0 Å². The van der Waals surface area contributed by atoms with Crippen LogP contribution in [0.15, 0.2) is 58.3 Å². The number of rotatable bonds is 5. The van der Waals surface area contributed by atoms with Crippen LogP contribution >= 0.6 is 11.8 Å². The van der Waals surface area contributed by atoms with E-state index in [9.17, 15) is 4.39 Å². The average molecular weight is 275 g/mol. The molecule has 1 unspecified atom stereocenters. The van der Waals surface area contributed by atoms with Crippen LogP contribution < -0.4 is 5.73 Å². The van der Waals surface area contributed by atoms with Gasteiger partial charge in [0.25, 0.3) is 0 Å². The van der Waals surface area contributed by atoms with Gasteiger partial charge >= 0.3 is 0 Å². The lowest BCUT2D eigenvalue weighted by molar-refractivity contribution is 0.585. The second kappa shape index (κ2) is 6.73. The Morgan fingerprint density at radius 3 is 2.53 bits per heavy atom. The molecular weight excluding hydrogens is 257 g/mol. The van der Waals surface area contributed by atoms with Crippen LogP contribution in [0.25, 0.3) is 0 Å². The normalized spacial score (nSPS) is 12.4. The maximum Gasteiger partial charge on any atom is 0.137 e. The largest absolute Gasteiger partial charge is 0.327 e. The molecule has 2 aromatic rings. The van der Waals surface area contributed by atoms with Crippen molar-refractivity contribution in [3.05, 3.63) is 59.9 Å². The number of nitrogens with two attached hydrogens (primary N) is 1. The van der Waals surface area contributed by atoms with Gasteiger partial charge in [0.1, 0.15) is 5.82 Å². The lowest BCUT2D eigenvalue weighted by atomic mass is 10.0. The zero-order valence-electron chi connectivity index (χ0n) is 11.0.